The molecule has 3 aromatic rings. The van der Waals surface area contributed by atoms with Crippen LogP contribution < -0.4 is 5.32 Å². The normalized spacial score (nSPS) is 19.3. The molecule has 1 amide bonds. The van der Waals surface area contributed by atoms with Crippen molar-refractivity contribution in [3.63, 3.8) is 0 Å². The van der Waals surface area contributed by atoms with Gasteiger partial charge in [0.25, 0.3) is 5.91 Å². The Morgan fingerprint density at radius 1 is 1.24 bits per heavy atom. The zero-order valence-corrected chi connectivity index (χ0v) is 16.5. The Morgan fingerprint density at radius 3 is 2.83 bits per heavy atom. The third-order valence-corrected chi connectivity index (χ3v) is 5.56. The van der Waals surface area contributed by atoms with E-state index >= 15 is 0 Å². The molecule has 5 nitrogen and oxygen atoms in total. The maximum Gasteiger partial charge on any atom is 0.270 e. The van der Waals surface area contributed by atoms with Gasteiger partial charge in [0.05, 0.1) is 12.1 Å². The molecule has 0 spiro atoms. The number of benzene rings is 1. The van der Waals surface area contributed by atoms with E-state index in [1.54, 1.807) is 30.5 Å². The number of aromatic nitrogens is 2. The first kappa shape index (κ1) is 19.7. The van der Waals surface area contributed by atoms with Crippen molar-refractivity contribution in [1.82, 2.24) is 15.3 Å². The molecule has 29 heavy (non-hydrogen) atoms. The molecule has 1 aromatic carbocycles. The van der Waals surface area contributed by atoms with Crippen LogP contribution in [0.25, 0.3) is 10.9 Å². The van der Waals surface area contributed by atoms with Crippen LogP contribution in [-0.4, -0.2) is 33.1 Å². The Kier molecular flexibility index (Phi) is 5.74. The molecule has 4 rings (SSSR count). The zero-order valence-electron chi connectivity index (χ0n) is 15.7. The molecule has 2 N–H and O–H groups in total. The van der Waals surface area contributed by atoms with Gasteiger partial charge in [0.15, 0.2) is 0 Å². The van der Waals surface area contributed by atoms with E-state index in [4.69, 9.17) is 11.6 Å². The van der Waals surface area contributed by atoms with Gasteiger partial charge in [-0.25, -0.2) is 14.4 Å². The highest BCUT2D eigenvalue weighted by atomic mass is 35.5. The van der Waals surface area contributed by atoms with Crippen LogP contribution >= 0.6 is 11.6 Å². The molecule has 0 unspecified atom stereocenters. The monoisotopic (exact) mass is 413 g/mol. The number of halogens is 2. The second-order valence-electron chi connectivity index (χ2n) is 7.40. The van der Waals surface area contributed by atoms with Gasteiger partial charge in [-0.3, -0.25) is 4.79 Å². The molecule has 1 aliphatic carbocycles. The summed E-state index contributed by atoms with van der Waals surface area (Å²) in [6.07, 6.45) is 4.84. The summed E-state index contributed by atoms with van der Waals surface area (Å²) in [5, 5.41) is 14.0. The van der Waals surface area contributed by atoms with E-state index < -0.39 is 17.8 Å². The van der Waals surface area contributed by atoms with Crippen LogP contribution in [0.4, 0.5) is 4.39 Å². The Morgan fingerprint density at radius 2 is 2.07 bits per heavy atom. The number of carbonyl (C=O) groups excluding carboxylic acids is 1. The van der Waals surface area contributed by atoms with Crippen molar-refractivity contribution < 1.29 is 14.3 Å². The number of nitrogens with zero attached hydrogens (tertiary/aromatic N) is 2. The Labute approximate surface area is 172 Å². The van der Waals surface area contributed by atoms with E-state index in [0.717, 1.165) is 30.4 Å². The minimum atomic E-state index is -0.565. The largest absolute Gasteiger partial charge is 0.391 e. The number of hydrogen-bond donors (Lipinski definition) is 2. The average Bonchev–Trinajstić information content (AvgIpc) is 2.72. The van der Waals surface area contributed by atoms with Crippen LogP contribution in [0.15, 0.2) is 42.6 Å². The van der Waals surface area contributed by atoms with Gasteiger partial charge < -0.3 is 10.4 Å². The third-order valence-electron chi connectivity index (χ3n) is 5.34. The van der Waals surface area contributed by atoms with E-state index in [9.17, 15) is 14.3 Å². The van der Waals surface area contributed by atoms with Crippen molar-refractivity contribution in [2.75, 3.05) is 0 Å². The molecule has 1 aliphatic rings. The summed E-state index contributed by atoms with van der Waals surface area (Å²) < 4.78 is 14.5. The molecule has 0 aliphatic heterocycles. The molecule has 2 heterocycles. The molecule has 1 fully saturated rings. The van der Waals surface area contributed by atoms with E-state index in [2.05, 4.69) is 15.3 Å². The van der Waals surface area contributed by atoms with Crippen LogP contribution in [0.5, 0.6) is 0 Å². The number of aliphatic hydroxyl groups excluding tert-OH is 1. The van der Waals surface area contributed by atoms with Crippen molar-refractivity contribution >= 4 is 28.4 Å². The van der Waals surface area contributed by atoms with Gasteiger partial charge in [-0.15, -0.1) is 0 Å². The number of carbonyl (C=O) groups is 1. The lowest BCUT2D eigenvalue weighted by Crippen LogP contribution is -2.45. The number of hydrogen-bond acceptors (Lipinski definition) is 4. The highest BCUT2D eigenvalue weighted by Crippen LogP contribution is 2.24. The van der Waals surface area contributed by atoms with E-state index in [1.165, 1.54) is 6.07 Å². The summed E-state index contributed by atoms with van der Waals surface area (Å²) in [5.74, 6) is -0.887. The zero-order chi connectivity index (χ0) is 20.4. The highest BCUT2D eigenvalue weighted by molar-refractivity contribution is 6.29. The highest BCUT2D eigenvalue weighted by Gasteiger charge is 2.25. The van der Waals surface area contributed by atoms with E-state index in [-0.39, 0.29) is 17.3 Å². The maximum atomic E-state index is 14.5. The van der Waals surface area contributed by atoms with Gasteiger partial charge in [0.1, 0.15) is 22.2 Å². The van der Waals surface area contributed by atoms with Crippen LogP contribution in [0, 0.1) is 5.82 Å². The minimum absolute atomic E-state index is 0.136. The van der Waals surface area contributed by atoms with Crippen molar-refractivity contribution in [1.29, 1.82) is 0 Å². The number of pyridine rings is 2. The lowest BCUT2D eigenvalue weighted by Gasteiger charge is -2.28. The molecular weight excluding hydrogens is 393 g/mol. The molecule has 0 radical (unpaired) electrons. The van der Waals surface area contributed by atoms with Gasteiger partial charge in [-0.2, -0.15) is 0 Å². The fraction of sp³-hybridized carbons (Fsp3) is 0.318. The van der Waals surface area contributed by atoms with Gasteiger partial charge >= 0.3 is 0 Å². The summed E-state index contributed by atoms with van der Waals surface area (Å²) in [5.41, 5.74) is 1.95. The summed E-state index contributed by atoms with van der Waals surface area (Å²) in [6.45, 7) is 0. The van der Waals surface area contributed by atoms with Crippen LogP contribution in [0.3, 0.4) is 0 Å². The van der Waals surface area contributed by atoms with Crippen LogP contribution in [0.1, 0.15) is 47.3 Å². The second kappa shape index (κ2) is 8.43. The fourth-order valence-electron chi connectivity index (χ4n) is 3.80. The topological polar surface area (TPSA) is 75.1 Å². The van der Waals surface area contributed by atoms with Crippen molar-refractivity contribution in [3.8, 4) is 0 Å². The second-order valence-corrected chi connectivity index (χ2v) is 7.79. The van der Waals surface area contributed by atoms with Crippen molar-refractivity contribution in [3.05, 3.63) is 70.4 Å². The molecule has 0 saturated heterocycles. The Balaban J connectivity index is 1.69. The fourth-order valence-corrected chi connectivity index (χ4v) is 3.91. The predicted octanol–water partition coefficient (Wildman–Crippen LogP) is 4.05. The molecule has 7 heteroatoms. The van der Waals surface area contributed by atoms with Crippen LogP contribution in [0.2, 0.25) is 5.15 Å². The SMILES string of the molecule is O=C(N[C@H]1CCCC[C@@H]1O)c1cc(Cc2ccc(Cl)nc2)c2cccc(F)c2n1. The Bertz CT molecular complexity index is 1040. The minimum Gasteiger partial charge on any atom is -0.391 e. The molecule has 150 valence electrons. The summed E-state index contributed by atoms with van der Waals surface area (Å²) in [6, 6.07) is 9.66. The predicted molar refractivity (Wildman–Crippen MR) is 109 cm³/mol. The van der Waals surface area contributed by atoms with E-state index in [0.29, 0.717) is 23.4 Å². The van der Waals surface area contributed by atoms with Gasteiger partial charge in [0.2, 0.25) is 0 Å². The van der Waals surface area contributed by atoms with Crippen molar-refractivity contribution in [2.45, 2.75) is 44.2 Å². The van der Waals surface area contributed by atoms with Gasteiger partial charge in [-0.1, -0.05) is 42.6 Å². The number of aliphatic hydroxyl groups is 1. The number of amides is 1. The van der Waals surface area contributed by atoms with Gasteiger partial charge in [0, 0.05) is 11.6 Å². The van der Waals surface area contributed by atoms with Gasteiger partial charge in [-0.05, 0) is 48.6 Å². The summed E-state index contributed by atoms with van der Waals surface area (Å²) in [7, 11) is 0. The number of nitrogens with one attached hydrogen (secondary N) is 1. The first-order valence-electron chi connectivity index (χ1n) is 9.69. The maximum absolute atomic E-state index is 14.5. The summed E-state index contributed by atoms with van der Waals surface area (Å²) in [4.78, 5) is 21.2. The lowest BCUT2D eigenvalue weighted by atomic mass is 9.92. The average molecular weight is 414 g/mol. The Hall–Kier alpha value is -2.57. The summed E-state index contributed by atoms with van der Waals surface area (Å²) >= 11 is 5.86. The van der Waals surface area contributed by atoms with Crippen molar-refractivity contribution in [2.24, 2.45) is 0 Å². The first-order chi connectivity index (χ1) is 14.0. The molecule has 1 saturated carbocycles. The number of rotatable bonds is 4. The molecule has 0 bridgehead atoms. The quantitative estimate of drug-likeness (QED) is 0.633. The molecule has 2 atom stereocenters. The standard InChI is InChI=1S/C22H21ClFN3O2/c23-20-9-8-13(12-25-20)10-14-11-18(26-21-15(14)4-3-5-16(21)24)22(29)27-17-6-1-2-7-19(17)28/h3-5,8-9,11-12,17,19,28H,1-2,6-7,10H2,(H,27,29)/t17-,19-/m0/s1. The number of fused-ring (bicyclic) bond motifs is 1. The lowest BCUT2D eigenvalue weighted by molar-refractivity contribution is 0.0714. The molecular formula is C22H21ClFN3O2. The smallest absolute Gasteiger partial charge is 0.270 e. The number of para-hydroxylation sites is 1. The van der Waals surface area contributed by atoms with Crippen LogP contribution in [-0.2, 0) is 6.42 Å². The first-order valence-corrected chi connectivity index (χ1v) is 10.1. The van der Waals surface area contributed by atoms with E-state index in [1.807, 2.05) is 6.07 Å². The molecule has 2 aromatic heterocycles. The third kappa shape index (κ3) is 4.38.